The van der Waals surface area contributed by atoms with Gasteiger partial charge in [-0.3, -0.25) is 0 Å². The molecule has 1 aromatic rings. The van der Waals surface area contributed by atoms with Gasteiger partial charge in [0.1, 0.15) is 5.82 Å². The minimum absolute atomic E-state index is 0.621. The number of nitrogens with zero attached hydrogens (tertiary/aromatic N) is 2. The average molecular weight is 300 g/mol. The van der Waals surface area contributed by atoms with E-state index < -0.39 is 0 Å². The smallest absolute Gasteiger partial charge is 0.142 e. The number of anilines is 1. The van der Waals surface area contributed by atoms with E-state index in [1.54, 1.807) is 0 Å². The number of piperazine rings is 1. The van der Waals surface area contributed by atoms with Crippen LogP contribution in [0.1, 0.15) is 6.42 Å². The summed E-state index contributed by atoms with van der Waals surface area (Å²) in [6, 6.07) is 2.81. The van der Waals surface area contributed by atoms with Crippen LogP contribution in [0.15, 0.2) is 21.6 Å². The maximum atomic E-state index is 4.59. The van der Waals surface area contributed by atoms with Crippen LogP contribution >= 0.6 is 27.7 Å². The van der Waals surface area contributed by atoms with Crippen molar-refractivity contribution in [3.63, 3.8) is 0 Å². The molecule has 0 bridgehead atoms. The summed E-state index contributed by atoms with van der Waals surface area (Å²) in [5.74, 6) is 2.37. The van der Waals surface area contributed by atoms with Crippen molar-refractivity contribution >= 4 is 33.5 Å². The van der Waals surface area contributed by atoms with Gasteiger partial charge < -0.3 is 10.2 Å². The van der Waals surface area contributed by atoms with Gasteiger partial charge in [0, 0.05) is 42.1 Å². The molecule has 0 saturated carbocycles. The van der Waals surface area contributed by atoms with E-state index in [9.17, 15) is 0 Å². The van der Waals surface area contributed by atoms with Crippen LogP contribution in [-0.2, 0) is 0 Å². The first-order valence-electron chi connectivity index (χ1n) is 5.60. The minimum Gasteiger partial charge on any atom is -0.350 e. The topological polar surface area (TPSA) is 28.2 Å². The fourth-order valence-electron chi connectivity index (χ4n) is 2.34. The largest absolute Gasteiger partial charge is 0.350 e. The standard InChI is InChI=1S/C11H14BrN3S/c12-8-5-10-11(14-6-8)15-3-2-13-7-9(15)1-4-16-10/h5-6,9,13H,1-4,7H2. The Labute approximate surface area is 108 Å². The van der Waals surface area contributed by atoms with Crippen molar-refractivity contribution < 1.29 is 0 Å². The molecule has 1 atom stereocenters. The van der Waals surface area contributed by atoms with Gasteiger partial charge in [-0.2, -0.15) is 0 Å². The molecule has 3 nitrogen and oxygen atoms in total. The number of aromatic nitrogens is 1. The molecule has 0 aromatic carbocycles. The molecule has 0 amide bonds. The van der Waals surface area contributed by atoms with Gasteiger partial charge in [0.05, 0.1) is 4.90 Å². The maximum absolute atomic E-state index is 4.59. The molecule has 0 spiro atoms. The van der Waals surface area contributed by atoms with E-state index >= 15 is 0 Å². The van der Waals surface area contributed by atoms with Crippen LogP contribution in [0.25, 0.3) is 0 Å². The summed E-state index contributed by atoms with van der Waals surface area (Å²) in [5, 5.41) is 3.47. The molecular weight excluding hydrogens is 286 g/mol. The highest BCUT2D eigenvalue weighted by atomic mass is 79.9. The van der Waals surface area contributed by atoms with Crippen molar-refractivity contribution in [2.24, 2.45) is 0 Å². The molecule has 3 heterocycles. The van der Waals surface area contributed by atoms with Gasteiger partial charge in [-0.15, -0.1) is 11.8 Å². The molecule has 2 aliphatic rings. The van der Waals surface area contributed by atoms with Crippen molar-refractivity contribution in [2.75, 3.05) is 30.3 Å². The van der Waals surface area contributed by atoms with Crippen molar-refractivity contribution in [2.45, 2.75) is 17.4 Å². The first-order valence-corrected chi connectivity index (χ1v) is 7.38. The molecule has 1 unspecified atom stereocenters. The second-order valence-electron chi connectivity index (χ2n) is 4.16. The number of pyridine rings is 1. The third kappa shape index (κ3) is 1.96. The Morgan fingerprint density at radius 2 is 2.50 bits per heavy atom. The van der Waals surface area contributed by atoms with Gasteiger partial charge >= 0.3 is 0 Å². The molecule has 2 aliphatic heterocycles. The molecule has 1 saturated heterocycles. The summed E-state index contributed by atoms with van der Waals surface area (Å²) in [7, 11) is 0. The van der Waals surface area contributed by atoms with E-state index in [-0.39, 0.29) is 0 Å². The Hall–Kier alpha value is -0.260. The molecule has 1 aromatic heterocycles. The molecule has 0 aliphatic carbocycles. The van der Waals surface area contributed by atoms with Crippen LogP contribution in [0.3, 0.4) is 0 Å². The lowest BCUT2D eigenvalue weighted by atomic mass is 10.1. The van der Waals surface area contributed by atoms with Crippen molar-refractivity contribution in [1.82, 2.24) is 10.3 Å². The van der Waals surface area contributed by atoms with Crippen LogP contribution in [0.5, 0.6) is 0 Å². The Balaban J connectivity index is 2.00. The second kappa shape index (κ2) is 4.55. The van der Waals surface area contributed by atoms with Crippen molar-refractivity contribution in [1.29, 1.82) is 0 Å². The maximum Gasteiger partial charge on any atom is 0.142 e. The third-order valence-corrected chi connectivity index (χ3v) is 4.62. The van der Waals surface area contributed by atoms with E-state index in [1.807, 2.05) is 18.0 Å². The van der Waals surface area contributed by atoms with Crippen LogP contribution in [-0.4, -0.2) is 36.4 Å². The zero-order valence-corrected chi connectivity index (χ0v) is 11.4. The summed E-state index contributed by atoms with van der Waals surface area (Å²) in [6.45, 7) is 3.24. The Bertz CT molecular complexity index is 399. The first-order chi connectivity index (χ1) is 7.84. The Kier molecular flexibility index (Phi) is 3.09. The number of rotatable bonds is 0. The molecule has 1 fully saturated rings. The molecule has 3 rings (SSSR count). The Morgan fingerprint density at radius 3 is 3.44 bits per heavy atom. The Morgan fingerprint density at radius 1 is 1.56 bits per heavy atom. The lowest BCUT2D eigenvalue weighted by Gasteiger charge is -2.36. The molecule has 5 heteroatoms. The highest BCUT2D eigenvalue weighted by molar-refractivity contribution is 9.10. The molecule has 1 N–H and O–H groups in total. The SMILES string of the molecule is Brc1cnc2c(c1)SCCC1CNCCN21. The monoisotopic (exact) mass is 299 g/mol. The molecule has 16 heavy (non-hydrogen) atoms. The van der Waals surface area contributed by atoms with Gasteiger partial charge in [0.15, 0.2) is 0 Å². The summed E-state index contributed by atoms with van der Waals surface area (Å²) in [6.07, 6.45) is 3.15. The number of hydrogen-bond donors (Lipinski definition) is 1. The minimum atomic E-state index is 0.621. The van der Waals surface area contributed by atoms with E-state index in [4.69, 9.17) is 0 Å². The highest BCUT2D eigenvalue weighted by Crippen LogP contribution is 2.36. The average Bonchev–Trinajstić information content (AvgIpc) is 2.47. The fourth-order valence-corrected chi connectivity index (χ4v) is 3.94. The summed E-state index contributed by atoms with van der Waals surface area (Å²) >= 11 is 5.42. The van der Waals surface area contributed by atoms with Gasteiger partial charge in [0.25, 0.3) is 0 Å². The number of halogens is 1. The zero-order chi connectivity index (χ0) is 11.0. The fraction of sp³-hybridized carbons (Fsp3) is 0.545. The summed E-state index contributed by atoms with van der Waals surface area (Å²) < 4.78 is 1.08. The first kappa shape index (κ1) is 10.9. The second-order valence-corrected chi connectivity index (χ2v) is 6.22. The lowest BCUT2D eigenvalue weighted by Crippen LogP contribution is -2.51. The van der Waals surface area contributed by atoms with E-state index in [1.165, 1.54) is 22.9 Å². The lowest BCUT2D eigenvalue weighted by molar-refractivity contribution is 0.465. The van der Waals surface area contributed by atoms with Crippen LogP contribution in [0, 0.1) is 0 Å². The molecular formula is C11H14BrN3S. The van der Waals surface area contributed by atoms with Crippen molar-refractivity contribution in [3.8, 4) is 0 Å². The quantitative estimate of drug-likeness (QED) is 0.794. The van der Waals surface area contributed by atoms with E-state index in [0.29, 0.717) is 6.04 Å². The van der Waals surface area contributed by atoms with Crippen LogP contribution in [0.2, 0.25) is 0 Å². The normalized spacial score (nSPS) is 24.6. The molecule has 86 valence electrons. The summed E-state index contributed by atoms with van der Waals surface area (Å²) in [5.41, 5.74) is 0. The van der Waals surface area contributed by atoms with Gasteiger partial charge in [-0.25, -0.2) is 4.98 Å². The number of fused-ring (bicyclic) bond motifs is 3. The predicted molar refractivity (Wildman–Crippen MR) is 71.3 cm³/mol. The van der Waals surface area contributed by atoms with Crippen molar-refractivity contribution in [3.05, 3.63) is 16.7 Å². The van der Waals surface area contributed by atoms with E-state index in [2.05, 4.69) is 37.2 Å². The third-order valence-electron chi connectivity index (χ3n) is 3.13. The predicted octanol–water partition coefficient (Wildman–Crippen LogP) is 2.12. The van der Waals surface area contributed by atoms with E-state index in [0.717, 1.165) is 24.1 Å². The number of nitrogens with one attached hydrogen (secondary N) is 1. The number of thioether (sulfide) groups is 1. The number of hydrogen-bond acceptors (Lipinski definition) is 4. The van der Waals surface area contributed by atoms with Gasteiger partial charge in [0.2, 0.25) is 0 Å². The summed E-state index contributed by atoms with van der Waals surface area (Å²) in [4.78, 5) is 8.38. The van der Waals surface area contributed by atoms with Gasteiger partial charge in [-0.05, 0) is 28.4 Å². The molecule has 0 radical (unpaired) electrons. The van der Waals surface area contributed by atoms with Crippen LogP contribution in [0.4, 0.5) is 5.82 Å². The highest BCUT2D eigenvalue weighted by Gasteiger charge is 2.27. The van der Waals surface area contributed by atoms with Gasteiger partial charge in [-0.1, -0.05) is 0 Å². The van der Waals surface area contributed by atoms with Crippen LogP contribution < -0.4 is 10.2 Å². The zero-order valence-electron chi connectivity index (χ0n) is 8.95.